The van der Waals surface area contributed by atoms with Gasteiger partial charge < -0.3 is 29.0 Å². The van der Waals surface area contributed by atoms with Crippen molar-refractivity contribution in [3.05, 3.63) is 59.2 Å². The molecule has 0 bridgehead atoms. The summed E-state index contributed by atoms with van der Waals surface area (Å²) < 4.78 is 17.6. The fourth-order valence-electron chi connectivity index (χ4n) is 6.28. The Morgan fingerprint density at radius 2 is 1.95 bits per heavy atom. The number of methoxy groups -OCH3 is 1. The van der Waals surface area contributed by atoms with Gasteiger partial charge in [-0.1, -0.05) is 31.2 Å². The normalized spacial score (nSPS) is 25.4. The highest BCUT2D eigenvalue weighted by molar-refractivity contribution is 6.71. The van der Waals surface area contributed by atoms with Crippen LogP contribution in [-0.4, -0.2) is 74.1 Å². The van der Waals surface area contributed by atoms with Crippen molar-refractivity contribution >= 4 is 26.0 Å². The molecule has 1 fully saturated rings. The summed E-state index contributed by atoms with van der Waals surface area (Å²) in [6.07, 6.45) is -0.457. The van der Waals surface area contributed by atoms with E-state index in [2.05, 4.69) is 0 Å². The van der Waals surface area contributed by atoms with Gasteiger partial charge >= 0.3 is 6.09 Å². The zero-order valence-electron chi connectivity index (χ0n) is 23.0. The van der Waals surface area contributed by atoms with E-state index in [0.29, 0.717) is 31.9 Å². The van der Waals surface area contributed by atoms with E-state index in [9.17, 15) is 19.5 Å². The predicted octanol–water partition coefficient (Wildman–Crippen LogP) is 3.63. The Kier molecular flexibility index (Phi) is 7.74. The lowest BCUT2D eigenvalue weighted by Crippen LogP contribution is -2.52. The van der Waals surface area contributed by atoms with Gasteiger partial charge in [-0.3, -0.25) is 9.69 Å². The first-order valence-electron chi connectivity index (χ1n) is 13.6. The number of aliphatic hydroxyl groups excluding tert-OH is 1. The highest BCUT2D eigenvalue weighted by Gasteiger charge is 2.48. The molecule has 3 aliphatic heterocycles. The zero-order chi connectivity index (χ0) is 27.9. The number of benzene rings is 2. The number of cyclic esters (lactones) is 1. The van der Waals surface area contributed by atoms with E-state index in [0.717, 1.165) is 22.4 Å². The second kappa shape index (κ2) is 10.9. The van der Waals surface area contributed by atoms with Gasteiger partial charge in [0, 0.05) is 42.8 Å². The molecule has 1 unspecified atom stereocenters. The van der Waals surface area contributed by atoms with E-state index >= 15 is 0 Å². The lowest BCUT2D eigenvalue weighted by atomic mass is 9.86. The maximum atomic E-state index is 13.8. The molecule has 2 aromatic carbocycles. The standard InChI is InChI=1S/C29H38N2O7Si/c1-18-27(36-2)23-14-21(30-11-12-37-29(30)34)9-10-24(23)38-28(18)25(39(3,4)35)15-26(33)31-16-20-8-6-5-7-19(20)13-22(31)17-32/h5-10,14,18,22,25,27-28,32,35H,11-13,15-17H2,1-4H3/t18-,22-,25?,27-,28-/m0/s1. The highest BCUT2D eigenvalue weighted by Crippen LogP contribution is 2.48. The third-order valence-electron chi connectivity index (χ3n) is 8.47. The Bertz CT molecular complexity index is 1230. The number of carbonyl (C=O) groups is 2. The topological polar surface area (TPSA) is 109 Å². The van der Waals surface area contributed by atoms with Gasteiger partial charge in [-0.15, -0.1) is 0 Å². The van der Waals surface area contributed by atoms with Crippen LogP contribution in [0.3, 0.4) is 0 Å². The van der Waals surface area contributed by atoms with Gasteiger partial charge in [-0.2, -0.15) is 0 Å². The van der Waals surface area contributed by atoms with Gasteiger partial charge in [0.2, 0.25) is 5.91 Å². The van der Waals surface area contributed by atoms with E-state index in [1.54, 1.807) is 16.9 Å². The first-order chi connectivity index (χ1) is 18.6. The molecule has 39 heavy (non-hydrogen) atoms. The van der Waals surface area contributed by atoms with E-state index in [-0.39, 0.29) is 43.1 Å². The molecule has 0 aliphatic carbocycles. The fraction of sp³-hybridized carbons (Fsp3) is 0.517. The van der Waals surface area contributed by atoms with E-state index < -0.39 is 20.0 Å². The molecule has 5 atom stereocenters. The highest BCUT2D eigenvalue weighted by atomic mass is 28.4. The average molecular weight is 555 g/mol. The summed E-state index contributed by atoms with van der Waals surface area (Å²) in [4.78, 5) is 40.7. The summed E-state index contributed by atoms with van der Waals surface area (Å²) in [6.45, 7) is 6.86. The van der Waals surface area contributed by atoms with Crippen LogP contribution in [0.2, 0.25) is 18.6 Å². The molecular formula is C29H38N2O7Si. The molecule has 1 saturated heterocycles. The largest absolute Gasteiger partial charge is 0.490 e. The monoisotopic (exact) mass is 554 g/mol. The number of anilines is 1. The van der Waals surface area contributed by atoms with Crippen LogP contribution >= 0.6 is 0 Å². The molecule has 0 radical (unpaired) electrons. The van der Waals surface area contributed by atoms with Gasteiger partial charge in [0.15, 0.2) is 8.32 Å². The minimum absolute atomic E-state index is 0.0957. The molecule has 0 aromatic heterocycles. The molecule has 9 nitrogen and oxygen atoms in total. The first-order valence-corrected chi connectivity index (χ1v) is 16.6. The molecule has 2 amide bonds. The van der Waals surface area contributed by atoms with Crippen LogP contribution in [0.15, 0.2) is 42.5 Å². The summed E-state index contributed by atoms with van der Waals surface area (Å²) in [5.41, 5.74) is 3.38. The van der Waals surface area contributed by atoms with Crippen LogP contribution in [0.4, 0.5) is 10.5 Å². The minimum atomic E-state index is -2.91. The van der Waals surface area contributed by atoms with Crippen molar-refractivity contribution in [2.45, 2.75) is 63.2 Å². The number of rotatable bonds is 7. The van der Waals surface area contributed by atoms with Crippen molar-refractivity contribution < 1.29 is 33.7 Å². The van der Waals surface area contributed by atoms with E-state index in [4.69, 9.17) is 14.2 Å². The molecule has 2 N–H and O–H groups in total. The maximum absolute atomic E-state index is 13.8. The second-order valence-corrected chi connectivity index (χ2v) is 15.4. The Labute approximate surface area is 230 Å². The number of amides is 2. The number of ether oxygens (including phenoxy) is 3. The Balaban J connectivity index is 1.41. The van der Waals surface area contributed by atoms with E-state index in [1.807, 2.05) is 62.5 Å². The van der Waals surface area contributed by atoms with Gasteiger partial charge in [-0.25, -0.2) is 4.79 Å². The zero-order valence-corrected chi connectivity index (χ0v) is 24.0. The van der Waals surface area contributed by atoms with Gasteiger partial charge in [0.25, 0.3) is 0 Å². The van der Waals surface area contributed by atoms with Crippen molar-refractivity contribution in [1.82, 2.24) is 4.90 Å². The van der Waals surface area contributed by atoms with Crippen LogP contribution in [-0.2, 0) is 27.2 Å². The van der Waals surface area contributed by atoms with Crippen molar-refractivity contribution in [3.8, 4) is 5.75 Å². The molecule has 10 heteroatoms. The van der Waals surface area contributed by atoms with Gasteiger partial charge in [-0.05, 0) is 48.8 Å². The number of hydrogen-bond donors (Lipinski definition) is 2. The number of fused-ring (bicyclic) bond motifs is 2. The smallest absolute Gasteiger partial charge is 0.414 e. The van der Waals surface area contributed by atoms with Gasteiger partial charge in [0.05, 0.1) is 25.3 Å². The van der Waals surface area contributed by atoms with Crippen molar-refractivity contribution in [1.29, 1.82) is 0 Å². The molecule has 0 saturated carbocycles. The molecule has 3 heterocycles. The first kappa shape index (κ1) is 27.6. The second-order valence-electron chi connectivity index (χ2n) is 11.4. The molecule has 5 rings (SSSR count). The maximum Gasteiger partial charge on any atom is 0.414 e. The number of nitrogens with zero attached hydrogens (tertiary/aromatic N) is 2. The van der Waals surface area contributed by atoms with Crippen LogP contribution < -0.4 is 9.64 Å². The Hall–Kier alpha value is -2.92. The van der Waals surface area contributed by atoms with Crippen LogP contribution in [0.1, 0.15) is 36.1 Å². The molecule has 3 aliphatic rings. The third kappa shape index (κ3) is 5.30. The van der Waals surface area contributed by atoms with Crippen LogP contribution in [0.5, 0.6) is 5.75 Å². The van der Waals surface area contributed by atoms with Crippen LogP contribution in [0, 0.1) is 5.92 Å². The van der Waals surface area contributed by atoms with Crippen molar-refractivity contribution in [3.63, 3.8) is 0 Å². The van der Waals surface area contributed by atoms with E-state index in [1.165, 1.54) is 0 Å². The van der Waals surface area contributed by atoms with Gasteiger partial charge in [0.1, 0.15) is 18.5 Å². The molecule has 210 valence electrons. The lowest BCUT2D eigenvalue weighted by molar-refractivity contribution is -0.136. The summed E-state index contributed by atoms with van der Waals surface area (Å²) in [5.74, 6) is 0.356. The fourth-order valence-corrected chi connectivity index (χ4v) is 8.13. The van der Waals surface area contributed by atoms with Crippen LogP contribution in [0.25, 0.3) is 0 Å². The predicted molar refractivity (Wildman–Crippen MR) is 148 cm³/mol. The molecule has 0 spiro atoms. The SMILES string of the molecule is CO[C@@H]1c2cc(N3CCOC3=O)ccc2O[C@H](C(CC(=O)N2Cc3ccccc3C[C@H]2CO)[Si](C)(C)O)[C@H]1C. The Morgan fingerprint density at radius 3 is 2.59 bits per heavy atom. The van der Waals surface area contributed by atoms with Crippen molar-refractivity contribution in [2.75, 3.05) is 31.8 Å². The minimum Gasteiger partial charge on any atom is -0.490 e. The summed E-state index contributed by atoms with van der Waals surface area (Å²) in [5, 5.41) is 10.1. The summed E-state index contributed by atoms with van der Waals surface area (Å²) in [6, 6.07) is 13.3. The lowest BCUT2D eigenvalue weighted by Gasteiger charge is -2.44. The number of carbonyl (C=O) groups excluding carboxylic acids is 2. The summed E-state index contributed by atoms with van der Waals surface area (Å²) >= 11 is 0. The average Bonchev–Trinajstić information content (AvgIpc) is 3.35. The molecular weight excluding hydrogens is 516 g/mol. The quantitative estimate of drug-likeness (QED) is 0.503. The summed E-state index contributed by atoms with van der Waals surface area (Å²) in [7, 11) is -1.27. The molecule has 2 aromatic rings. The number of aliphatic hydroxyl groups is 1. The Morgan fingerprint density at radius 1 is 1.21 bits per heavy atom. The number of hydrogen-bond acceptors (Lipinski definition) is 7. The van der Waals surface area contributed by atoms with Crippen molar-refractivity contribution in [2.24, 2.45) is 5.92 Å². The third-order valence-corrected chi connectivity index (χ3v) is 10.8.